The van der Waals surface area contributed by atoms with Gasteiger partial charge in [0.2, 0.25) is 0 Å². The molecule has 0 saturated heterocycles. The number of rotatable bonds is 6. The summed E-state index contributed by atoms with van der Waals surface area (Å²) >= 11 is 0. The van der Waals surface area contributed by atoms with Gasteiger partial charge in [-0.25, -0.2) is 9.59 Å². The third kappa shape index (κ3) is 3.99. The molecule has 0 aromatic heterocycles. The second-order valence-corrected chi connectivity index (χ2v) is 6.25. The number of aromatic hydroxyl groups is 1. The Morgan fingerprint density at radius 1 is 1.42 bits per heavy atom. The van der Waals surface area contributed by atoms with Crippen LogP contribution >= 0.6 is 0 Å². The van der Waals surface area contributed by atoms with Gasteiger partial charge in [-0.1, -0.05) is 6.08 Å². The van der Waals surface area contributed by atoms with E-state index in [4.69, 9.17) is 9.47 Å². The van der Waals surface area contributed by atoms with Crippen LogP contribution < -0.4 is 15.4 Å². The van der Waals surface area contributed by atoms with Crippen LogP contribution in [0.2, 0.25) is 0 Å². The van der Waals surface area contributed by atoms with E-state index in [0.29, 0.717) is 28.8 Å². The molecule has 7 nitrogen and oxygen atoms in total. The minimum Gasteiger partial charge on any atom is -0.504 e. The van der Waals surface area contributed by atoms with Crippen molar-refractivity contribution in [2.45, 2.75) is 39.3 Å². The molecule has 0 fully saturated rings. The zero-order valence-electron chi connectivity index (χ0n) is 15.4. The molecule has 1 aliphatic heterocycles. The lowest BCUT2D eigenvalue weighted by Gasteiger charge is -2.29. The number of phenols is 1. The minimum absolute atomic E-state index is 0.00317. The zero-order valence-corrected chi connectivity index (χ0v) is 15.4. The van der Waals surface area contributed by atoms with E-state index in [9.17, 15) is 14.7 Å². The molecule has 1 heterocycles. The van der Waals surface area contributed by atoms with Crippen LogP contribution in [0.3, 0.4) is 0 Å². The molecule has 7 heteroatoms. The van der Waals surface area contributed by atoms with E-state index in [1.54, 1.807) is 39.0 Å². The molecule has 1 unspecified atom stereocenters. The van der Waals surface area contributed by atoms with Crippen molar-refractivity contribution in [2.75, 3.05) is 7.11 Å². The number of ether oxygens (including phenoxy) is 2. The van der Waals surface area contributed by atoms with Crippen LogP contribution in [0, 0.1) is 0 Å². The van der Waals surface area contributed by atoms with Gasteiger partial charge < -0.3 is 25.2 Å². The van der Waals surface area contributed by atoms with Gasteiger partial charge in [-0.2, -0.15) is 0 Å². The number of phenolic OH excluding ortho intramolecular Hbond substituents is 1. The third-order valence-electron chi connectivity index (χ3n) is 3.93. The van der Waals surface area contributed by atoms with Crippen molar-refractivity contribution in [1.29, 1.82) is 0 Å². The Bertz CT molecular complexity index is 767. The molecule has 0 spiro atoms. The first-order chi connectivity index (χ1) is 12.3. The molecule has 0 saturated carbocycles. The maximum atomic E-state index is 12.6. The van der Waals surface area contributed by atoms with Gasteiger partial charge in [-0.15, -0.1) is 6.58 Å². The highest BCUT2D eigenvalue weighted by Crippen LogP contribution is 2.37. The molecule has 1 aromatic rings. The van der Waals surface area contributed by atoms with Gasteiger partial charge in [0.25, 0.3) is 0 Å². The fourth-order valence-electron chi connectivity index (χ4n) is 2.81. The topological polar surface area (TPSA) is 96.9 Å². The first-order valence-electron chi connectivity index (χ1n) is 8.28. The number of carbonyl (C=O) groups is 2. The Hall–Kier alpha value is -2.96. The Morgan fingerprint density at radius 3 is 2.69 bits per heavy atom. The van der Waals surface area contributed by atoms with Gasteiger partial charge in [0.15, 0.2) is 11.5 Å². The summed E-state index contributed by atoms with van der Waals surface area (Å²) in [6.45, 7) is 8.83. The lowest BCUT2D eigenvalue weighted by atomic mass is 9.93. The zero-order chi connectivity index (χ0) is 19.4. The van der Waals surface area contributed by atoms with Crippen LogP contribution in [-0.2, 0) is 16.0 Å². The van der Waals surface area contributed by atoms with Crippen LogP contribution in [0.1, 0.15) is 37.9 Å². The standard InChI is InChI=1S/C19H24N2O5/c1-6-7-12-8-13(9-14(25-5)17(12)22)16-15(18(23)26-10(2)3)11(4)20-19(24)21-16/h6,8-10,16,22H,1,7H2,2-5H3,(H2,20,21,24). The van der Waals surface area contributed by atoms with Crippen LogP contribution in [-0.4, -0.2) is 30.3 Å². The first-order valence-corrected chi connectivity index (χ1v) is 8.28. The molecule has 1 aromatic carbocycles. The van der Waals surface area contributed by atoms with Crippen molar-refractivity contribution >= 4 is 12.0 Å². The number of hydrogen-bond acceptors (Lipinski definition) is 5. The predicted octanol–water partition coefficient (Wildman–Crippen LogP) is 2.71. The SMILES string of the molecule is C=CCc1cc(C2NC(=O)NC(C)=C2C(=O)OC(C)C)cc(OC)c1O. The Labute approximate surface area is 152 Å². The lowest BCUT2D eigenvalue weighted by Crippen LogP contribution is -2.45. The number of allylic oxidation sites excluding steroid dienone is 2. The molecule has 1 aliphatic rings. The highest BCUT2D eigenvalue weighted by Gasteiger charge is 2.33. The summed E-state index contributed by atoms with van der Waals surface area (Å²) in [4.78, 5) is 24.5. The van der Waals surface area contributed by atoms with Crippen molar-refractivity contribution in [2.24, 2.45) is 0 Å². The Morgan fingerprint density at radius 2 is 2.12 bits per heavy atom. The molecular formula is C19H24N2O5. The van der Waals surface area contributed by atoms with Gasteiger partial charge in [0.05, 0.1) is 24.8 Å². The smallest absolute Gasteiger partial charge is 0.338 e. The fraction of sp³-hybridized carbons (Fsp3) is 0.368. The van der Waals surface area contributed by atoms with E-state index >= 15 is 0 Å². The molecular weight excluding hydrogens is 336 g/mol. The third-order valence-corrected chi connectivity index (χ3v) is 3.93. The molecule has 0 radical (unpaired) electrons. The van der Waals surface area contributed by atoms with E-state index in [1.807, 2.05) is 0 Å². The monoisotopic (exact) mass is 360 g/mol. The maximum absolute atomic E-state index is 12.6. The van der Waals surface area contributed by atoms with Crippen LogP contribution in [0.5, 0.6) is 11.5 Å². The van der Waals surface area contributed by atoms with Crippen LogP contribution in [0.4, 0.5) is 4.79 Å². The van der Waals surface area contributed by atoms with Crippen molar-refractivity contribution in [3.8, 4) is 11.5 Å². The lowest BCUT2D eigenvalue weighted by molar-refractivity contribution is -0.143. The van der Waals surface area contributed by atoms with Crippen LogP contribution in [0.25, 0.3) is 0 Å². The van der Waals surface area contributed by atoms with Crippen molar-refractivity contribution in [1.82, 2.24) is 10.6 Å². The van der Waals surface area contributed by atoms with Gasteiger partial charge >= 0.3 is 12.0 Å². The van der Waals surface area contributed by atoms with E-state index in [2.05, 4.69) is 17.2 Å². The normalized spacial score (nSPS) is 16.8. The predicted molar refractivity (Wildman–Crippen MR) is 96.9 cm³/mol. The number of methoxy groups -OCH3 is 1. The summed E-state index contributed by atoms with van der Waals surface area (Å²) in [5, 5.41) is 15.6. The average Bonchev–Trinajstić information content (AvgIpc) is 2.55. The van der Waals surface area contributed by atoms with Gasteiger partial charge in [-0.05, 0) is 44.9 Å². The van der Waals surface area contributed by atoms with Gasteiger partial charge in [0.1, 0.15) is 0 Å². The fourth-order valence-corrected chi connectivity index (χ4v) is 2.81. The summed E-state index contributed by atoms with van der Waals surface area (Å²) in [5.41, 5.74) is 1.90. The highest BCUT2D eigenvalue weighted by molar-refractivity contribution is 5.95. The first kappa shape index (κ1) is 19.4. The summed E-state index contributed by atoms with van der Waals surface area (Å²) in [5.74, 6) is -0.267. The molecule has 2 rings (SSSR count). The number of carbonyl (C=O) groups excluding carboxylic acids is 2. The molecule has 0 aliphatic carbocycles. The summed E-state index contributed by atoms with van der Waals surface area (Å²) in [6, 6.07) is 2.15. The molecule has 26 heavy (non-hydrogen) atoms. The van der Waals surface area contributed by atoms with Gasteiger partial charge in [-0.3, -0.25) is 0 Å². The maximum Gasteiger partial charge on any atom is 0.338 e. The van der Waals surface area contributed by atoms with E-state index < -0.39 is 18.0 Å². The van der Waals surface area contributed by atoms with E-state index in [-0.39, 0.29) is 17.6 Å². The largest absolute Gasteiger partial charge is 0.504 e. The second-order valence-electron chi connectivity index (χ2n) is 6.25. The Balaban J connectivity index is 2.57. The number of urea groups is 1. The molecule has 3 N–H and O–H groups in total. The molecule has 140 valence electrons. The highest BCUT2D eigenvalue weighted by atomic mass is 16.5. The van der Waals surface area contributed by atoms with Crippen LogP contribution in [0.15, 0.2) is 36.1 Å². The summed E-state index contributed by atoms with van der Waals surface area (Å²) in [7, 11) is 1.44. The Kier molecular flexibility index (Phi) is 5.92. The quantitative estimate of drug-likeness (QED) is 0.535. The van der Waals surface area contributed by atoms with Crippen molar-refractivity contribution < 1.29 is 24.2 Å². The van der Waals surface area contributed by atoms with E-state index in [0.717, 1.165) is 0 Å². The minimum atomic E-state index is -0.729. The number of esters is 1. The number of nitrogens with one attached hydrogen (secondary N) is 2. The van der Waals surface area contributed by atoms with Crippen molar-refractivity contribution in [3.05, 3.63) is 47.2 Å². The molecule has 1 atom stereocenters. The second kappa shape index (κ2) is 7.95. The number of amides is 2. The summed E-state index contributed by atoms with van der Waals surface area (Å²) in [6.07, 6.45) is 1.75. The number of hydrogen-bond donors (Lipinski definition) is 3. The number of benzene rings is 1. The molecule has 0 bridgehead atoms. The van der Waals surface area contributed by atoms with Crippen molar-refractivity contribution in [3.63, 3.8) is 0 Å². The summed E-state index contributed by atoms with van der Waals surface area (Å²) < 4.78 is 10.6. The average molecular weight is 360 g/mol. The van der Waals surface area contributed by atoms with Gasteiger partial charge in [0, 0.05) is 11.3 Å². The molecule has 2 amide bonds. The van der Waals surface area contributed by atoms with E-state index in [1.165, 1.54) is 7.11 Å².